The molecule has 0 spiro atoms. The summed E-state index contributed by atoms with van der Waals surface area (Å²) >= 11 is 1.33. The largest absolute Gasteiger partial charge is 0.494 e. The van der Waals surface area contributed by atoms with Gasteiger partial charge >= 0.3 is 5.97 Å². The first-order chi connectivity index (χ1) is 9.52. The maximum Gasteiger partial charge on any atom is 0.304 e. The molecule has 0 aromatic heterocycles. The van der Waals surface area contributed by atoms with Gasteiger partial charge in [-0.1, -0.05) is 0 Å². The van der Waals surface area contributed by atoms with Crippen LogP contribution in [0.5, 0.6) is 5.75 Å². The van der Waals surface area contributed by atoms with Gasteiger partial charge in [-0.05, 0) is 38.1 Å². The van der Waals surface area contributed by atoms with Crippen molar-refractivity contribution in [2.75, 3.05) is 17.7 Å². The molecule has 0 aliphatic heterocycles. The molecule has 0 fully saturated rings. The third kappa shape index (κ3) is 5.97. The topological polar surface area (TPSA) is 75.6 Å². The number of amides is 1. The van der Waals surface area contributed by atoms with E-state index in [9.17, 15) is 9.59 Å². The van der Waals surface area contributed by atoms with Crippen molar-refractivity contribution in [3.05, 3.63) is 24.3 Å². The van der Waals surface area contributed by atoms with Gasteiger partial charge in [0.15, 0.2) is 0 Å². The van der Waals surface area contributed by atoms with Crippen molar-refractivity contribution < 1.29 is 19.4 Å². The Hall–Kier alpha value is -1.69. The first-order valence-corrected chi connectivity index (χ1v) is 7.45. The number of thioether (sulfide) groups is 1. The standard InChI is InChI=1S/C14H19NO4S/c1-3-19-12-6-4-11(5-7-12)15-14(18)10(2)20-9-8-13(16)17/h4-7,10H,3,8-9H2,1-2H3,(H,15,18)(H,16,17). The summed E-state index contributed by atoms with van der Waals surface area (Å²) in [5.74, 6) is 0.197. The summed E-state index contributed by atoms with van der Waals surface area (Å²) in [6.45, 7) is 4.27. The van der Waals surface area contributed by atoms with E-state index in [4.69, 9.17) is 9.84 Å². The molecular formula is C14H19NO4S. The van der Waals surface area contributed by atoms with Crippen molar-refractivity contribution >= 4 is 29.3 Å². The Morgan fingerprint density at radius 2 is 2.00 bits per heavy atom. The number of anilines is 1. The molecule has 5 nitrogen and oxygen atoms in total. The van der Waals surface area contributed by atoms with Crippen molar-refractivity contribution in [3.63, 3.8) is 0 Å². The van der Waals surface area contributed by atoms with Crippen molar-refractivity contribution in [2.45, 2.75) is 25.5 Å². The lowest BCUT2D eigenvalue weighted by molar-refractivity contribution is -0.136. The lowest BCUT2D eigenvalue weighted by Crippen LogP contribution is -2.23. The number of hydrogen-bond acceptors (Lipinski definition) is 4. The lowest BCUT2D eigenvalue weighted by Gasteiger charge is -2.12. The molecule has 2 N–H and O–H groups in total. The average Bonchev–Trinajstić information content (AvgIpc) is 2.40. The zero-order valence-corrected chi connectivity index (χ0v) is 12.4. The molecule has 1 rings (SSSR count). The zero-order valence-electron chi connectivity index (χ0n) is 11.6. The summed E-state index contributed by atoms with van der Waals surface area (Å²) < 4.78 is 5.32. The second-order valence-corrected chi connectivity index (χ2v) is 5.55. The molecule has 1 aromatic carbocycles. The Balaban J connectivity index is 2.42. The molecule has 1 unspecified atom stereocenters. The number of carbonyl (C=O) groups is 2. The number of nitrogens with one attached hydrogen (secondary N) is 1. The molecule has 1 aromatic rings. The molecule has 0 aliphatic carbocycles. The predicted octanol–water partition coefficient (Wildman–Crippen LogP) is 2.62. The Morgan fingerprint density at radius 1 is 1.35 bits per heavy atom. The van der Waals surface area contributed by atoms with Gasteiger partial charge in [0, 0.05) is 11.4 Å². The van der Waals surface area contributed by atoms with Crippen LogP contribution in [0.2, 0.25) is 0 Å². The first kappa shape index (κ1) is 16.4. The fraction of sp³-hybridized carbons (Fsp3) is 0.429. The molecule has 0 saturated heterocycles. The van der Waals surface area contributed by atoms with Crippen LogP contribution in [0.4, 0.5) is 5.69 Å². The van der Waals surface area contributed by atoms with Crippen molar-refractivity contribution in [1.82, 2.24) is 0 Å². The first-order valence-electron chi connectivity index (χ1n) is 6.40. The summed E-state index contributed by atoms with van der Waals surface area (Å²) in [4.78, 5) is 22.3. The van der Waals surface area contributed by atoms with Gasteiger partial charge in [-0.2, -0.15) is 0 Å². The quantitative estimate of drug-likeness (QED) is 0.771. The second kappa shape index (κ2) is 8.47. The van der Waals surface area contributed by atoms with E-state index in [1.807, 2.05) is 6.92 Å². The minimum Gasteiger partial charge on any atom is -0.494 e. The molecule has 20 heavy (non-hydrogen) atoms. The second-order valence-electron chi connectivity index (χ2n) is 4.10. The summed E-state index contributed by atoms with van der Waals surface area (Å²) in [7, 11) is 0. The third-order valence-corrected chi connectivity index (χ3v) is 3.64. The zero-order chi connectivity index (χ0) is 15.0. The summed E-state index contributed by atoms with van der Waals surface area (Å²) in [6, 6.07) is 7.14. The van der Waals surface area contributed by atoms with Crippen molar-refractivity contribution in [1.29, 1.82) is 0 Å². The summed E-state index contributed by atoms with van der Waals surface area (Å²) in [6.07, 6.45) is 0.0609. The summed E-state index contributed by atoms with van der Waals surface area (Å²) in [5.41, 5.74) is 0.698. The maximum absolute atomic E-state index is 11.9. The molecule has 6 heteroatoms. The van der Waals surface area contributed by atoms with Gasteiger partial charge in [0.25, 0.3) is 0 Å². The lowest BCUT2D eigenvalue weighted by atomic mass is 10.3. The van der Waals surface area contributed by atoms with Crippen molar-refractivity contribution in [3.8, 4) is 5.75 Å². The van der Waals surface area contributed by atoms with Gasteiger partial charge in [0.2, 0.25) is 5.91 Å². The van der Waals surface area contributed by atoms with E-state index in [1.165, 1.54) is 11.8 Å². The highest BCUT2D eigenvalue weighted by molar-refractivity contribution is 8.00. The molecule has 110 valence electrons. The van der Waals surface area contributed by atoms with E-state index in [-0.39, 0.29) is 17.6 Å². The Labute approximate surface area is 122 Å². The molecule has 0 aliphatic rings. The smallest absolute Gasteiger partial charge is 0.304 e. The normalized spacial score (nSPS) is 11.7. The van der Waals surface area contributed by atoms with Crippen molar-refractivity contribution in [2.24, 2.45) is 0 Å². The van der Waals surface area contributed by atoms with Crippen LogP contribution in [-0.4, -0.2) is 34.6 Å². The van der Waals surface area contributed by atoms with Crippen LogP contribution in [0.25, 0.3) is 0 Å². The number of carboxylic acids is 1. The van der Waals surface area contributed by atoms with E-state index in [0.717, 1.165) is 5.75 Å². The van der Waals surface area contributed by atoms with Gasteiger partial charge < -0.3 is 15.2 Å². The number of benzene rings is 1. The molecule has 0 bridgehead atoms. The van der Waals surface area contributed by atoms with Crippen LogP contribution in [0.1, 0.15) is 20.3 Å². The van der Waals surface area contributed by atoms with Crippen LogP contribution in [0, 0.1) is 0 Å². The van der Waals surface area contributed by atoms with Crippen LogP contribution < -0.4 is 10.1 Å². The molecule has 1 atom stereocenters. The average molecular weight is 297 g/mol. The molecule has 0 heterocycles. The fourth-order valence-electron chi connectivity index (χ4n) is 1.44. The van der Waals surface area contributed by atoms with E-state index < -0.39 is 5.97 Å². The maximum atomic E-state index is 11.9. The Kier molecular flexibility index (Phi) is 6.93. The molecular weight excluding hydrogens is 278 g/mol. The number of aliphatic carboxylic acids is 1. The fourth-order valence-corrected chi connectivity index (χ4v) is 2.30. The van der Waals surface area contributed by atoms with E-state index in [2.05, 4.69) is 5.32 Å². The van der Waals surface area contributed by atoms with Gasteiger partial charge in [-0.15, -0.1) is 11.8 Å². The number of ether oxygens (including phenoxy) is 1. The third-order valence-electron chi connectivity index (χ3n) is 2.49. The Bertz CT molecular complexity index is 447. The highest BCUT2D eigenvalue weighted by atomic mass is 32.2. The van der Waals surface area contributed by atoms with E-state index >= 15 is 0 Å². The van der Waals surface area contributed by atoms with Gasteiger partial charge in [0.1, 0.15) is 5.75 Å². The van der Waals surface area contributed by atoms with E-state index in [0.29, 0.717) is 18.0 Å². The van der Waals surface area contributed by atoms with Gasteiger partial charge in [-0.25, -0.2) is 0 Å². The number of carbonyl (C=O) groups excluding carboxylic acids is 1. The summed E-state index contributed by atoms with van der Waals surface area (Å²) in [5, 5.41) is 11.0. The highest BCUT2D eigenvalue weighted by Crippen LogP contribution is 2.18. The minimum atomic E-state index is -0.850. The van der Waals surface area contributed by atoms with Crippen LogP contribution in [0.15, 0.2) is 24.3 Å². The van der Waals surface area contributed by atoms with Crippen LogP contribution >= 0.6 is 11.8 Å². The van der Waals surface area contributed by atoms with E-state index in [1.54, 1.807) is 31.2 Å². The van der Waals surface area contributed by atoms with Crippen LogP contribution in [-0.2, 0) is 9.59 Å². The SMILES string of the molecule is CCOc1ccc(NC(=O)C(C)SCCC(=O)O)cc1. The van der Waals surface area contributed by atoms with Gasteiger partial charge in [0.05, 0.1) is 18.3 Å². The molecule has 1 amide bonds. The van der Waals surface area contributed by atoms with Crippen LogP contribution in [0.3, 0.4) is 0 Å². The molecule has 0 saturated carbocycles. The monoisotopic (exact) mass is 297 g/mol. The number of hydrogen-bond donors (Lipinski definition) is 2. The number of carboxylic acid groups (broad SMARTS) is 1. The molecule has 0 radical (unpaired) electrons. The predicted molar refractivity (Wildman–Crippen MR) is 80.4 cm³/mol. The minimum absolute atomic E-state index is 0.0609. The van der Waals surface area contributed by atoms with Gasteiger partial charge in [-0.3, -0.25) is 9.59 Å². The number of rotatable bonds is 8. The highest BCUT2D eigenvalue weighted by Gasteiger charge is 2.14. The Morgan fingerprint density at radius 3 is 2.55 bits per heavy atom.